The number of hydrogen-bond donors (Lipinski definition) is 1. The molecular weight excluding hydrogens is 158 g/mol. The Kier molecular flexibility index (Phi) is 3.40. The number of hydrogen-bond acceptors (Lipinski definition) is 1. The van der Waals surface area contributed by atoms with Gasteiger partial charge >= 0.3 is 0 Å². The van der Waals surface area contributed by atoms with Gasteiger partial charge in [-0.05, 0) is 30.5 Å². The van der Waals surface area contributed by atoms with E-state index in [9.17, 15) is 0 Å². The first-order valence-electron chi connectivity index (χ1n) is 4.63. The summed E-state index contributed by atoms with van der Waals surface area (Å²) in [6.07, 6.45) is 8.81. The lowest BCUT2D eigenvalue weighted by molar-refractivity contribution is 0.795. The minimum Gasteiger partial charge on any atom is -0.398 e. The SMILES string of the molecule is C#Cc1cc(CCCC)ccc1N. The zero-order chi connectivity index (χ0) is 9.68. The molecule has 13 heavy (non-hydrogen) atoms. The van der Waals surface area contributed by atoms with Crippen LogP contribution in [0.2, 0.25) is 0 Å². The highest BCUT2D eigenvalue weighted by Crippen LogP contribution is 2.14. The number of unbranched alkanes of at least 4 members (excludes halogenated alkanes) is 1. The summed E-state index contributed by atoms with van der Waals surface area (Å²) in [5.74, 6) is 2.59. The van der Waals surface area contributed by atoms with Gasteiger partial charge in [-0.3, -0.25) is 0 Å². The van der Waals surface area contributed by atoms with Crippen molar-refractivity contribution in [2.24, 2.45) is 0 Å². The summed E-state index contributed by atoms with van der Waals surface area (Å²) in [5, 5.41) is 0. The average molecular weight is 173 g/mol. The lowest BCUT2D eigenvalue weighted by Crippen LogP contribution is -1.92. The van der Waals surface area contributed by atoms with Crippen molar-refractivity contribution >= 4 is 5.69 Å². The molecule has 0 aliphatic heterocycles. The van der Waals surface area contributed by atoms with E-state index in [4.69, 9.17) is 12.2 Å². The smallest absolute Gasteiger partial charge is 0.0474 e. The number of benzene rings is 1. The van der Waals surface area contributed by atoms with E-state index in [1.54, 1.807) is 0 Å². The summed E-state index contributed by atoms with van der Waals surface area (Å²) in [6.45, 7) is 2.18. The van der Waals surface area contributed by atoms with Gasteiger partial charge in [0.25, 0.3) is 0 Å². The second-order valence-corrected chi connectivity index (χ2v) is 3.17. The summed E-state index contributed by atoms with van der Waals surface area (Å²) in [7, 11) is 0. The first-order valence-corrected chi connectivity index (χ1v) is 4.63. The molecule has 1 rings (SSSR count). The molecule has 1 heteroatoms. The van der Waals surface area contributed by atoms with Gasteiger partial charge in [-0.15, -0.1) is 6.42 Å². The number of anilines is 1. The van der Waals surface area contributed by atoms with Gasteiger partial charge in [0.05, 0.1) is 0 Å². The lowest BCUT2D eigenvalue weighted by atomic mass is 10.0. The van der Waals surface area contributed by atoms with Crippen molar-refractivity contribution < 1.29 is 0 Å². The molecule has 68 valence electrons. The van der Waals surface area contributed by atoms with Crippen molar-refractivity contribution in [2.75, 3.05) is 5.73 Å². The average Bonchev–Trinajstić information content (AvgIpc) is 2.16. The van der Waals surface area contributed by atoms with Crippen molar-refractivity contribution in [3.63, 3.8) is 0 Å². The number of nitrogens with two attached hydrogens (primary N) is 1. The van der Waals surface area contributed by atoms with Gasteiger partial charge in [0.1, 0.15) is 0 Å². The molecule has 0 heterocycles. The Morgan fingerprint density at radius 1 is 1.46 bits per heavy atom. The summed E-state index contributed by atoms with van der Waals surface area (Å²) in [6, 6.07) is 5.94. The van der Waals surface area contributed by atoms with Crippen LogP contribution in [0.15, 0.2) is 18.2 Å². The maximum atomic E-state index is 5.69. The molecular formula is C12H15N. The van der Waals surface area contributed by atoms with Crippen molar-refractivity contribution in [1.82, 2.24) is 0 Å². The van der Waals surface area contributed by atoms with E-state index in [0.29, 0.717) is 5.69 Å². The fourth-order valence-electron chi connectivity index (χ4n) is 1.26. The van der Waals surface area contributed by atoms with Crippen molar-refractivity contribution in [1.29, 1.82) is 0 Å². The first kappa shape index (κ1) is 9.67. The Morgan fingerprint density at radius 2 is 2.23 bits per heavy atom. The van der Waals surface area contributed by atoms with Crippen molar-refractivity contribution in [3.8, 4) is 12.3 Å². The molecule has 0 bridgehead atoms. The van der Waals surface area contributed by atoms with Crippen LogP contribution < -0.4 is 5.73 Å². The maximum Gasteiger partial charge on any atom is 0.0474 e. The first-order chi connectivity index (χ1) is 6.27. The molecule has 0 spiro atoms. The van der Waals surface area contributed by atoms with Crippen molar-refractivity contribution in [3.05, 3.63) is 29.3 Å². The fourth-order valence-corrected chi connectivity index (χ4v) is 1.26. The molecule has 1 aromatic rings. The van der Waals surface area contributed by atoms with Gasteiger partial charge in [-0.1, -0.05) is 25.3 Å². The van der Waals surface area contributed by atoms with E-state index in [-0.39, 0.29) is 0 Å². The van der Waals surface area contributed by atoms with Crippen LogP contribution in [0.3, 0.4) is 0 Å². The lowest BCUT2D eigenvalue weighted by Gasteiger charge is -2.03. The van der Waals surface area contributed by atoms with E-state index in [1.807, 2.05) is 18.2 Å². The Bertz CT molecular complexity index is 320. The molecule has 0 unspecified atom stereocenters. The maximum absolute atomic E-state index is 5.69. The van der Waals surface area contributed by atoms with E-state index >= 15 is 0 Å². The zero-order valence-corrected chi connectivity index (χ0v) is 8.01. The van der Waals surface area contributed by atoms with Crippen LogP contribution in [-0.4, -0.2) is 0 Å². The monoisotopic (exact) mass is 173 g/mol. The molecule has 0 atom stereocenters. The number of terminal acetylenes is 1. The van der Waals surface area contributed by atoms with Crippen LogP contribution in [0.4, 0.5) is 5.69 Å². The van der Waals surface area contributed by atoms with Crippen LogP contribution in [0.25, 0.3) is 0 Å². The van der Waals surface area contributed by atoms with Gasteiger partial charge in [0.2, 0.25) is 0 Å². The topological polar surface area (TPSA) is 26.0 Å². The molecule has 0 radical (unpaired) electrons. The summed E-state index contributed by atoms with van der Waals surface area (Å²) >= 11 is 0. The Morgan fingerprint density at radius 3 is 2.85 bits per heavy atom. The van der Waals surface area contributed by atoms with E-state index in [1.165, 1.54) is 18.4 Å². The fraction of sp³-hybridized carbons (Fsp3) is 0.333. The van der Waals surface area contributed by atoms with Crippen LogP contribution in [-0.2, 0) is 6.42 Å². The van der Waals surface area contributed by atoms with Crippen LogP contribution in [0, 0.1) is 12.3 Å². The van der Waals surface area contributed by atoms with Crippen molar-refractivity contribution in [2.45, 2.75) is 26.2 Å². The quantitative estimate of drug-likeness (QED) is 0.552. The van der Waals surface area contributed by atoms with E-state index in [2.05, 4.69) is 12.8 Å². The Hall–Kier alpha value is -1.42. The van der Waals surface area contributed by atoms with Gasteiger partial charge in [0.15, 0.2) is 0 Å². The van der Waals surface area contributed by atoms with E-state index < -0.39 is 0 Å². The minimum absolute atomic E-state index is 0.697. The number of nitrogen functional groups attached to an aromatic ring is 1. The van der Waals surface area contributed by atoms with Crippen LogP contribution in [0.5, 0.6) is 0 Å². The highest BCUT2D eigenvalue weighted by Gasteiger charge is 1.97. The van der Waals surface area contributed by atoms with Gasteiger partial charge in [-0.25, -0.2) is 0 Å². The molecule has 0 saturated carbocycles. The normalized spacial score (nSPS) is 9.54. The highest BCUT2D eigenvalue weighted by atomic mass is 14.5. The number of aryl methyl sites for hydroxylation is 1. The third-order valence-electron chi connectivity index (χ3n) is 2.09. The Labute approximate surface area is 80.0 Å². The third-order valence-corrected chi connectivity index (χ3v) is 2.09. The summed E-state index contributed by atoms with van der Waals surface area (Å²) in [5.41, 5.74) is 8.48. The largest absolute Gasteiger partial charge is 0.398 e. The molecule has 1 aromatic carbocycles. The second-order valence-electron chi connectivity index (χ2n) is 3.17. The molecule has 0 aliphatic carbocycles. The standard InChI is InChI=1S/C12H15N/c1-3-5-6-10-7-8-12(13)11(4-2)9-10/h2,7-9H,3,5-6,13H2,1H3. The zero-order valence-electron chi connectivity index (χ0n) is 8.01. The molecule has 0 aromatic heterocycles. The third kappa shape index (κ3) is 2.52. The minimum atomic E-state index is 0.697. The van der Waals surface area contributed by atoms with Gasteiger partial charge < -0.3 is 5.73 Å². The molecule has 0 aliphatic rings. The molecule has 0 saturated heterocycles. The summed E-state index contributed by atoms with van der Waals surface area (Å²) in [4.78, 5) is 0. The molecule has 0 amide bonds. The molecule has 0 fully saturated rings. The van der Waals surface area contributed by atoms with Gasteiger partial charge in [0, 0.05) is 11.3 Å². The highest BCUT2D eigenvalue weighted by molar-refractivity contribution is 5.56. The van der Waals surface area contributed by atoms with E-state index in [0.717, 1.165) is 12.0 Å². The molecule has 2 N–H and O–H groups in total. The van der Waals surface area contributed by atoms with Crippen LogP contribution in [0.1, 0.15) is 30.9 Å². The molecule has 1 nitrogen and oxygen atoms in total. The van der Waals surface area contributed by atoms with Gasteiger partial charge in [-0.2, -0.15) is 0 Å². The number of rotatable bonds is 3. The summed E-state index contributed by atoms with van der Waals surface area (Å²) < 4.78 is 0. The Balaban J connectivity index is 2.82. The predicted octanol–water partition coefficient (Wildman–Crippen LogP) is 2.59. The van der Waals surface area contributed by atoms with Crippen LogP contribution >= 0.6 is 0 Å². The second kappa shape index (κ2) is 4.57. The predicted molar refractivity (Wildman–Crippen MR) is 57.4 cm³/mol.